The fourth-order valence-electron chi connectivity index (χ4n) is 2.70. The zero-order valence-corrected chi connectivity index (χ0v) is 16.2. The van der Waals surface area contributed by atoms with Crippen LogP contribution in [0.25, 0.3) is 10.8 Å². The van der Waals surface area contributed by atoms with Crippen molar-refractivity contribution >= 4 is 35.1 Å². The van der Waals surface area contributed by atoms with Crippen LogP contribution in [0.5, 0.6) is 0 Å². The second kappa shape index (κ2) is 10.1. The Bertz CT molecular complexity index is 749. The molecule has 26 heavy (non-hydrogen) atoms. The molecule has 0 aliphatic heterocycles. The molecule has 6 heteroatoms. The van der Waals surface area contributed by atoms with Crippen molar-refractivity contribution in [2.75, 3.05) is 13.7 Å². The summed E-state index contributed by atoms with van der Waals surface area (Å²) in [6.07, 6.45) is 0.495. The highest BCUT2D eigenvalue weighted by atomic mass is 35.5. The molecule has 142 valence electrons. The van der Waals surface area contributed by atoms with E-state index in [1.807, 2.05) is 50.2 Å². The van der Waals surface area contributed by atoms with E-state index in [1.54, 1.807) is 0 Å². The maximum atomic E-state index is 12.1. The van der Waals surface area contributed by atoms with E-state index in [0.29, 0.717) is 6.42 Å². The van der Waals surface area contributed by atoms with Crippen LogP contribution in [0, 0.1) is 11.8 Å². The van der Waals surface area contributed by atoms with Gasteiger partial charge < -0.3 is 15.8 Å². The predicted molar refractivity (Wildman–Crippen MR) is 106 cm³/mol. The van der Waals surface area contributed by atoms with Crippen molar-refractivity contribution in [2.45, 2.75) is 26.3 Å². The number of hydrogen-bond acceptors (Lipinski definition) is 4. The van der Waals surface area contributed by atoms with Gasteiger partial charge in [-0.2, -0.15) is 0 Å². The third-order valence-electron chi connectivity index (χ3n) is 4.37. The Morgan fingerprint density at radius 3 is 2.38 bits per heavy atom. The number of rotatable bonds is 7. The minimum Gasteiger partial charge on any atom is -0.469 e. The van der Waals surface area contributed by atoms with Gasteiger partial charge in [-0.05, 0) is 28.7 Å². The van der Waals surface area contributed by atoms with Gasteiger partial charge in [0.1, 0.15) is 0 Å². The number of nitrogens with one attached hydrogen (secondary N) is 1. The highest BCUT2D eigenvalue weighted by Crippen LogP contribution is 2.18. The summed E-state index contributed by atoms with van der Waals surface area (Å²) in [6.45, 7) is 3.98. The van der Waals surface area contributed by atoms with Crippen LogP contribution in [0.3, 0.4) is 0 Å². The van der Waals surface area contributed by atoms with Crippen LogP contribution in [-0.2, 0) is 20.7 Å². The molecule has 0 bridgehead atoms. The van der Waals surface area contributed by atoms with E-state index in [4.69, 9.17) is 10.5 Å². The van der Waals surface area contributed by atoms with E-state index < -0.39 is 12.0 Å². The van der Waals surface area contributed by atoms with Gasteiger partial charge in [0.2, 0.25) is 5.91 Å². The predicted octanol–water partition coefficient (Wildman–Crippen LogP) is 2.69. The molecular formula is C20H27ClN2O3. The lowest BCUT2D eigenvalue weighted by atomic mass is 9.96. The molecule has 3 N–H and O–H groups in total. The quantitative estimate of drug-likeness (QED) is 0.726. The number of ether oxygens (including phenoxy) is 1. The molecule has 0 spiro atoms. The number of methoxy groups -OCH3 is 1. The third kappa shape index (κ3) is 5.71. The molecule has 2 rings (SSSR count). The monoisotopic (exact) mass is 378 g/mol. The molecule has 0 saturated carbocycles. The summed E-state index contributed by atoms with van der Waals surface area (Å²) in [5.74, 6) is -1.000. The first kappa shape index (κ1) is 21.9. The van der Waals surface area contributed by atoms with Crippen molar-refractivity contribution in [3.05, 3.63) is 48.0 Å². The summed E-state index contributed by atoms with van der Waals surface area (Å²) in [5, 5.41) is 5.04. The van der Waals surface area contributed by atoms with Crippen molar-refractivity contribution < 1.29 is 14.3 Å². The standard InChI is InChI=1S/C20H26N2O3.ClH/c1-13(2)18(21)19(23)22-12-17(20(24)25-3)11-14-8-9-15-6-4-5-7-16(15)10-14;/h4-10,13,17-18H,11-12,21H2,1-3H3,(H,22,23);1H/t17?,18-;/m0./s1. The van der Waals surface area contributed by atoms with Crippen LogP contribution in [0.4, 0.5) is 0 Å². The summed E-state index contributed by atoms with van der Waals surface area (Å²) >= 11 is 0. The second-order valence-electron chi connectivity index (χ2n) is 6.62. The van der Waals surface area contributed by atoms with Gasteiger partial charge in [0.05, 0.1) is 19.1 Å². The summed E-state index contributed by atoms with van der Waals surface area (Å²) in [7, 11) is 1.36. The molecular weight excluding hydrogens is 352 g/mol. The van der Waals surface area contributed by atoms with Crippen molar-refractivity contribution in [3.63, 3.8) is 0 Å². The van der Waals surface area contributed by atoms with Crippen LogP contribution < -0.4 is 11.1 Å². The first-order chi connectivity index (χ1) is 11.9. The number of esters is 1. The second-order valence-corrected chi connectivity index (χ2v) is 6.62. The van der Waals surface area contributed by atoms with Gasteiger partial charge in [0, 0.05) is 6.54 Å². The molecule has 1 unspecified atom stereocenters. The summed E-state index contributed by atoms with van der Waals surface area (Å²) in [5.41, 5.74) is 6.87. The van der Waals surface area contributed by atoms with E-state index in [2.05, 4.69) is 11.4 Å². The zero-order chi connectivity index (χ0) is 18.4. The van der Waals surface area contributed by atoms with Crippen molar-refractivity contribution in [2.24, 2.45) is 17.6 Å². The number of carbonyl (C=O) groups excluding carboxylic acids is 2. The van der Waals surface area contributed by atoms with E-state index in [1.165, 1.54) is 7.11 Å². The van der Waals surface area contributed by atoms with Gasteiger partial charge in [-0.3, -0.25) is 9.59 Å². The highest BCUT2D eigenvalue weighted by molar-refractivity contribution is 5.85. The Hall–Kier alpha value is -2.11. The van der Waals surface area contributed by atoms with Crippen LogP contribution in [0.1, 0.15) is 19.4 Å². The summed E-state index contributed by atoms with van der Waals surface area (Å²) < 4.78 is 4.89. The maximum Gasteiger partial charge on any atom is 0.310 e. The van der Waals surface area contributed by atoms with Crippen molar-refractivity contribution in [1.29, 1.82) is 0 Å². The molecule has 0 radical (unpaired) electrons. The van der Waals surface area contributed by atoms with Gasteiger partial charge in [-0.1, -0.05) is 56.3 Å². The lowest BCUT2D eigenvalue weighted by Crippen LogP contribution is -2.46. The fraction of sp³-hybridized carbons (Fsp3) is 0.400. The average molecular weight is 379 g/mol. The zero-order valence-electron chi connectivity index (χ0n) is 15.4. The molecule has 5 nitrogen and oxygen atoms in total. The van der Waals surface area contributed by atoms with Gasteiger partial charge in [0.25, 0.3) is 0 Å². The molecule has 0 aliphatic rings. The molecule has 1 amide bonds. The Labute approximate surface area is 160 Å². The lowest BCUT2D eigenvalue weighted by molar-refractivity contribution is -0.145. The molecule has 2 aromatic carbocycles. The molecule has 2 aromatic rings. The molecule has 0 heterocycles. The van der Waals surface area contributed by atoms with Gasteiger partial charge in [0.15, 0.2) is 0 Å². The van der Waals surface area contributed by atoms with Crippen molar-refractivity contribution in [3.8, 4) is 0 Å². The minimum absolute atomic E-state index is 0. The molecule has 2 atom stereocenters. The number of amides is 1. The van der Waals surface area contributed by atoms with Gasteiger partial charge >= 0.3 is 5.97 Å². The molecule has 0 aromatic heterocycles. The first-order valence-electron chi connectivity index (χ1n) is 8.51. The number of hydrogen-bond donors (Lipinski definition) is 2. The summed E-state index contributed by atoms with van der Waals surface area (Å²) in [6, 6.07) is 13.6. The Balaban J connectivity index is 0.00000338. The Morgan fingerprint density at radius 1 is 1.12 bits per heavy atom. The van der Waals surface area contributed by atoms with Crippen LogP contribution in [0.2, 0.25) is 0 Å². The smallest absolute Gasteiger partial charge is 0.310 e. The van der Waals surface area contributed by atoms with Crippen LogP contribution in [-0.4, -0.2) is 31.6 Å². The van der Waals surface area contributed by atoms with E-state index in [9.17, 15) is 9.59 Å². The van der Waals surface area contributed by atoms with Crippen LogP contribution in [0.15, 0.2) is 42.5 Å². The number of carbonyl (C=O) groups is 2. The topological polar surface area (TPSA) is 81.4 Å². The lowest BCUT2D eigenvalue weighted by Gasteiger charge is -2.19. The van der Waals surface area contributed by atoms with E-state index in [0.717, 1.165) is 16.3 Å². The largest absolute Gasteiger partial charge is 0.469 e. The SMILES string of the molecule is COC(=O)C(CNC(=O)[C@@H](N)C(C)C)Cc1ccc2ccccc2c1.Cl. The normalized spacial score (nSPS) is 13.0. The Morgan fingerprint density at radius 2 is 1.77 bits per heavy atom. The number of nitrogens with two attached hydrogens (primary N) is 1. The Kier molecular flexibility index (Phi) is 8.55. The average Bonchev–Trinajstić information content (AvgIpc) is 2.63. The number of fused-ring (bicyclic) bond motifs is 1. The van der Waals surface area contributed by atoms with Gasteiger partial charge in [-0.15, -0.1) is 12.4 Å². The highest BCUT2D eigenvalue weighted by Gasteiger charge is 2.23. The molecule has 0 saturated heterocycles. The minimum atomic E-state index is -0.584. The molecule has 0 aliphatic carbocycles. The number of benzene rings is 2. The van der Waals surface area contributed by atoms with E-state index in [-0.39, 0.29) is 36.7 Å². The van der Waals surface area contributed by atoms with Crippen molar-refractivity contribution in [1.82, 2.24) is 5.32 Å². The van der Waals surface area contributed by atoms with Crippen LogP contribution >= 0.6 is 12.4 Å². The first-order valence-corrected chi connectivity index (χ1v) is 8.51. The third-order valence-corrected chi connectivity index (χ3v) is 4.37. The fourth-order valence-corrected chi connectivity index (χ4v) is 2.70. The van der Waals surface area contributed by atoms with Gasteiger partial charge in [-0.25, -0.2) is 0 Å². The summed E-state index contributed by atoms with van der Waals surface area (Å²) in [4.78, 5) is 24.1. The van der Waals surface area contributed by atoms with E-state index >= 15 is 0 Å². The molecule has 0 fully saturated rings. The maximum absolute atomic E-state index is 12.1. The number of halogens is 1.